The SMILES string of the molecule is CCCCCCCCCCCCCCCCCCCCCCCCCCCCCCCCCCC(=O)OCC(COC(=O)CCCCCCCCCCCCCCC)OC(=O)CCCCCCCCCCCCCCCCCC. The van der Waals surface area contributed by atoms with E-state index < -0.39 is 6.10 Å². The summed E-state index contributed by atoms with van der Waals surface area (Å²) in [5.74, 6) is -0.822. The summed E-state index contributed by atoms with van der Waals surface area (Å²) in [7, 11) is 0. The molecule has 0 saturated carbocycles. The molecular weight excluding hydrogens is 973 g/mol. The molecule has 0 aromatic heterocycles. The first kappa shape index (κ1) is 77.4. The fourth-order valence-electron chi connectivity index (χ4n) is 11.6. The van der Waals surface area contributed by atoms with Crippen LogP contribution in [0.5, 0.6) is 0 Å². The van der Waals surface area contributed by atoms with Crippen molar-refractivity contribution >= 4 is 17.9 Å². The fourth-order valence-corrected chi connectivity index (χ4v) is 11.6. The first-order valence-electron chi connectivity index (χ1n) is 36.5. The van der Waals surface area contributed by atoms with Gasteiger partial charge in [-0.2, -0.15) is 0 Å². The summed E-state index contributed by atoms with van der Waals surface area (Å²) in [6.45, 7) is 6.74. The van der Waals surface area contributed by atoms with E-state index in [9.17, 15) is 14.4 Å². The third-order valence-electron chi connectivity index (χ3n) is 17.1. The lowest BCUT2D eigenvalue weighted by Gasteiger charge is -2.18. The lowest BCUT2D eigenvalue weighted by atomic mass is 10.0. The molecular formula is C73H142O6. The standard InChI is InChI=1S/C73H142O6/c1-4-7-10-13-16-19-22-25-27-29-30-31-32-33-34-35-36-37-38-39-40-41-42-43-44-46-48-51-54-57-60-63-66-72(75)78-69-70(68-77-71(74)65-62-59-56-53-50-47-24-21-18-15-12-9-6-3)79-73(76)67-64-61-58-55-52-49-45-28-26-23-20-17-14-11-8-5-2/h70H,4-69H2,1-3H3. The summed E-state index contributed by atoms with van der Waals surface area (Å²) in [6, 6.07) is 0. The number of esters is 3. The van der Waals surface area contributed by atoms with Crippen molar-refractivity contribution in [2.75, 3.05) is 13.2 Å². The van der Waals surface area contributed by atoms with Gasteiger partial charge in [-0.3, -0.25) is 14.4 Å². The Bertz CT molecular complexity index is 1190. The number of unbranched alkanes of at least 4 members (excludes halogenated alkanes) is 58. The molecule has 0 spiro atoms. The van der Waals surface area contributed by atoms with Gasteiger partial charge in [0.1, 0.15) is 13.2 Å². The van der Waals surface area contributed by atoms with E-state index in [2.05, 4.69) is 20.8 Å². The number of carbonyl (C=O) groups excluding carboxylic acids is 3. The van der Waals surface area contributed by atoms with Gasteiger partial charge < -0.3 is 14.2 Å². The Balaban J connectivity index is 4.06. The summed E-state index contributed by atoms with van der Waals surface area (Å²) >= 11 is 0. The van der Waals surface area contributed by atoms with Crippen LogP contribution in [-0.4, -0.2) is 37.2 Å². The summed E-state index contributed by atoms with van der Waals surface area (Å²) in [6.07, 6.45) is 81.6. The highest BCUT2D eigenvalue weighted by atomic mass is 16.6. The molecule has 0 rings (SSSR count). The molecule has 0 aliphatic heterocycles. The van der Waals surface area contributed by atoms with E-state index in [1.165, 1.54) is 334 Å². The minimum Gasteiger partial charge on any atom is -0.462 e. The van der Waals surface area contributed by atoms with Gasteiger partial charge in [-0.05, 0) is 19.3 Å². The van der Waals surface area contributed by atoms with E-state index in [-0.39, 0.29) is 31.1 Å². The lowest BCUT2D eigenvalue weighted by Crippen LogP contribution is -2.30. The second-order valence-electron chi connectivity index (χ2n) is 25.2. The lowest BCUT2D eigenvalue weighted by molar-refractivity contribution is -0.167. The highest BCUT2D eigenvalue weighted by molar-refractivity contribution is 5.71. The molecule has 6 nitrogen and oxygen atoms in total. The number of ether oxygens (including phenoxy) is 3. The summed E-state index contributed by atoms with van der Waals surface area (Å²) in [4.78, 5) is 38.4. The maximum absolute atomic E-state index is 12.9. The van der Waals surface area contributed by atoms with E-state index in [0.29, 0.717) is 19.3 Å². The van der Waals surface area contributed by atoms with Crippen molar-refractivity contribution in [3.05, 3.63) is 0 Å². The minimum absolute atomic E-state index is 0.0603. The Morgan fingerprint density at radius 3 is 0.506 bits per heavy atom. The van der Waals surface area contributed by atoms with E-state index in [1.807, 2.05) is 0 Å². The average Bonchev–Trinajstić information content (AvgIpc) is 3.45. The van der Waals surface area contributed by atoms with Crippen LogP contribution in [0.15, 0.2) is 0 Å². The first-order chi connectivity index (χ1) is 39.0. The molecule has 0 heterocycles. The Kier molecular flexibility index (Phi) is 67.5. The molecule has 0 aromatic carbocycles. The molecule has 470 valence electrons. The molecule has 6 heteroatoms. The molecule has 0 radical (unpaired) electrons. The van der Waals surface area contributed by atoms with Crippen LogP contribution < -0.4 is 0 Å². The molecule has 0 amide bonds. The van der Waals surface area contributed by atoms with Crippen LogP contribution >= 0.6 is 0 Å². The molecule has 0 aliphatic rings. The third-order valence-corrected chi connectivity index (χ3v) is 17.1. The molecule has 0 aliphatic carbocycles. The Morgan fingerprint density at radius 2 is 0.342 bits per heavy atom. The largest absolute Gasteiger partial charge is 0.462 e. The summed E-state index contributed by atoms with van der Waals surface area (Å²) in [5.41, 5.74) is 0. The number of rotatable bonds is 69. The van der Waals surface area contributed by atoms with Gasteiger partial charge >= 0.3 is 17.9 Å². The maximum Gasteiger partial charge on any atom is 0.306 e. The molecule has 1 atom stereocenters. The van der Waals surface area contributed by atoms with E-state index >= 15 is 0 Å². The molecule has 0 N–H and O–H groups in total. The number of hydrogen-bond donors (Lipinski definition) is 0. The fraction of sp³-hybridized carbons (Fsp3) is 0.959. The van der Waals surface area contributed by atoms with Crippen LogP contribution in [0, 0.1) is 0 Å². The Hall–Kier alpha value is -1.59. The molecule has 0 bridgehead atoms. The maximum atomic E-state index is 12.9. The predicted octanol–water partition coefficient (Wildman–Crippen LogP) is 25.0. The highest BCUT2D eigenvalue weighted by Crippen LogP contribution is 2.20. The van der Waals surface area contributed by atoms with Crippen LogP contribution in [0.1, 0.15) is 432 Å². The zero-order chi connectivity index (χ0) is 57.1. The van der Waals surface area contributed by atoms with Gasteiger partial charge in [0.25, 0.3) is 0 Å². The van der Waals surface area contributed by atoms with E-state index in [0.717, 1.165) is 57.8 Å². The zero-order valence-corrected chi connectivity index (χ0v) is 54.2. The molecule has 0 aromatic rings. The summed E-state index contributed by atoms with van der Waals surface area (Å²) < 4.78 is 17.0. The minimum atomic E-state index is -0.763. The topological polar surface area (TPSA) is 78.9 Å². The van der Waals surface area contributed by atoms with Crippen LogP contribution in [0.4, 0.5) is 0 Å². The summed E-state index contributed by atoms with van der Waals surface area (Å²) in [5, 5.41) is 0. The van der Waals surface area contributed by atoms with Crippen molar-refractivity contribution in [1.82, 2.24) is 0 Å². The first-order valence-corrected chi connectivity index (χ1v) is 36.5. The number of hydrogen-bond acceptors (Lipinski definition) is 6. The van der Waals surface area contributed by atoms with Gasteiger partial charge in [0.15, 0.2) is 6.10 Å². The van der Waals surface area contributed by atoms with Crippen LogP contribution in [-0.2, 0) is 28.6 Å². The van der Waals surface area contributed by atoms with Crippen LogP contribution in [0.25, 0.3) is 0 Å². The zero-order valence-electron chi connectivity index (χ0n) is 54.2. The monoisotopic (exact) mass is 1120 g/mol. The highest BCUT2D eigenvalue weighted by Gasteiger charge is 2.20. The van der Waals surface area contributed by atoms with Crippen molar-refractivity contribution < 1.29 is 28.6 Å². The van der Waals surface area contributed by atoms with Crippen LogP contribution in [0.3, 0.4) is 0 Å². The van der Waals surface area contributed by atoms with Crippen molar-refractivity contribution in [2.45, 2.75) is 438 Å². The van der Waals surface area contributed by atoms with Crippen LogP contribution in [0.2, 0.25) is 0 Å². The van der Waals surface area contributed by atoms with Gasteiger partial charge in [-0.25, -0.2) is 0 Å². The Labute approximate surface area is 495 Å². The third kappa shape index (κ3) is 67.1. The van der Waals surface area contributed by atoms with Gasteiger partial charge in [0.05, 0.1) is 0 Å². The van der Waals surface area contributed by atoms with Crippen molar-refractivity contribution in [3.8, 4) is 0 Å². The molecule has 1 unspecified atom stereocenters. The van der Waals surface area contributed by atoms with E-state index in [1.54, 1.807) is 0 Å². The van der Waals surface area contributed by atoms with Crippen molar-refractivity contribution in [3.63, 3.8) is 0 Å². The Morgan fingerprint density at radius 1 is 0.203 bits per heavy atom. The second kappa shape index (κ2) is 68.9. The van der Waals surface area contributed by atoms with E-state index in [4.69, 9.17) is 14.2 Å². The molecule has 79 heavy (non-hydrogen) atoms. The molecule has 0 saturated heterocycles. The quantitative estimate of drug-likeness (QED) is 0.0343. The van der Waals surface area contributed by atoms with Crippen molar-refractivity contribution in [1.29, 1.82) is 0 Å². The predicted molar refractivity (Wildman–Crippen MR) is 344 cm³/mol. The smallest absolute Gasteiger partial charge is 0.306 e. The normalized spacial score (nSPS) is 11.9. The average molecular weight is 1120 g/mol. The number of carbonyl (C=O) groups is 3. The molecule has 0 fully saturated rings. The van der Waals surface area contributed by atoms with Gasteiger partial charge in [0.2, 0.25) is 0 Å². The second-order valence-corrected chi connectivity index (χ2v) is 25.2. The van der Waals surface area contributed by atoms with Gasteiger partial charge in [-0.1, -0.05) is 393 Å². The van der Waals surface area contributed by atoms with Gasteiger partial charge in [0, 0.05) is 19.3 Å². The van der Waals surface area contributed by atoms with Gasteiger partial charge in [-0.15, -0.1) is 0 Å². The van der Waals surface area contributed by atoms with Crippen molar-refractivity contribution in [2.24, 2.45) is 0 Å².